The lowest BCUT2D eigenvalue weighted by Gasteiger charge is -2.20. The van der Waals surface area contributed by atoms with Crippen molar-refractivity contribution in [3.63, 3.8) is 0 Å². The number of rotatable bonds is 5. The van der Waals surface area contributed by atoms with E-state index in [1.165, 1.54) is 11.1 Å². The Kier molecular flexibility index (Phi) is 4.15. The van der Waals surface area contributed by atoms with Crippen LogP contribution in [0.15, 0.2) is 18.3 Å². The minimum absolute atomic E-state index is 0.0727. The van der Waals surface area contributed by atoms with E-state index < -0.39 is 5.54 Å². The van der Waals surface area contributed by atoms with Crippen molar-refractivity contribution in [3.05, 3.63) is 23.9 Å². The number of urea groups is 1. The Balaban J connectivity index is 1.48. The van der Waals surface area contributed by atoms with Crippen LogP contribution in [-0.2, 0) is 4.79 Å². The minimum Gasteiger partial charge on any atom is -0.370 e. The van der Waals surface area contributed by atoms with Crippen LogP contribution in [-0.4, -0.2) is 40.5 Å². The lowest BCUT2D eigenvalue weighted by atomic mass is 9.98. The second kappa shape index (κ2) is 6.24. The van der Waals surface area contributed by atoms with Crippen LogP contribution in [0.25, 0.3) is 0 Å². The zero-order valence-electron chi connectivity index (χ0n) is 12.8. The summed E-state index contributed by atoms with van der Waals surface area (Å²) >= 11 is 0. The first kappa shape index (κ1) is 15.3. The van der Waals surface area contributed by atoms with Gasteiger partial charge in [-0.1, -0.05) is 12.8 Å². The molecule has 1 aromatic heterocycles. The van der Waals surface area contributed by atoms with E-state index in [9.17, 15) is 9.59 Å². The molecule has 3 rings (SSSR count). The summed E-state index contributed by atoms with van der Waals surface area (Å²) < 4.78 is 0. The third kappa shape index (κ3) is 2.97. The van der Waals surface area contributed by atoms with Gasteiger partial charge in [-0.05, 0) is 31.4 Å². The molecule has 2 heterocycles. The average molecular weight is 313 g/mol. The van der Waals surface area contributed by atoms with Gasteiger partial charge in [-0.15, -0.1) is 0 Å². The number of hydrogen-bond acceptors (Lipinski definition) is 5. The van der Waals surface area contributed by atoms with Gasteiger partial charge in [0, 0.05) is 19.3 Å². The quantitative estimate of drug-likeness (QED) is 0.636. The first-order valence-electron chi connectivity index (χ1n) is 7.89. The van der Waals surface area contributed by atoms with Crippen LogP contribution in [0.1, 0.15) is 37.7 Å². The van der Waals surface area contributed by atoms with E-state index in [0.717, 1.165) is 25.7 Å². The maximum absolute atomic E-state index is 12.5. The smallest absolute Gasteiger partial charge is 0.325 e. The number of nitrogens with zero attached hydrogens (tertiary/aromatic N) is 3. The normalized spacial score (nSPS) is 19.0. The fourth-order valence-electron chi connectivity index (χ4n) is 3.21. The van der Waals surface area contributed by atoms with Gasteiger partial charge in [-0.2, -0.15) is 5.26 Å². The van der Waals surface area contributed by atoms with Crippen LogP contribution in [0.4, 0.5) is 10.6 Å². The predicted molar refractivity (Wildman–Crippen MR) is 83.5 cm³/mol. The van der Waals surface area contributed by atoms with Gasteiger partial charge in [0.2, 0.25) is 0 Å². The highest BCUT2D eigenvalue weighted by Gasteiger charge is 2.51. The van der Waals surface area contributed by atoms with E-state index in [-0.39, 0.29) is 11.9 Å². The van der Waals surface area contributed by atoms with Crippen LogP contribution in [0, 0.1) is 11.3 Å². The second-order valence-corrected chi connectivity index (χ2v) is 6.00. The maximum atomic E-state index is 12.5. The molecule has 0 bridgehead atoms. The number of amides is 3. The number of carbonyl (C=O) groups is 2. The number of anilines is 1. The average Bonchev–Trinajstić information content (AvgIpc) is 3.12. The number of imide groups is 1. The summed E-state index contributed by atoms with van der Waals surface area (Å²) in [5, 5.41) is 14.7. The molecule has 0 unspecified atom stereocenters. The number of nitrogens with one attached hydrogen (secondary N) is 2. The van der Waals surface area contributed by atoms with Gasteiger partial charge >= 0.3 is 6.03 Å². The molecule has 1 aliphatic carbocycles. The third-order valence-electron chi connectivity index (χ3n) is 4.46. The fourth-order valence-corrected chi connectivity index (χ4v) is 3.21. The highest BCUT2D eigenvalue weighted by atomic mass is 16.2. The Morgan fingerprint density at radius 3 is 2.78 bits per heavy atom. The van der Waals surface area contributed by atoms with Crippen molar-refractivity contribution in [2.75, 3.05) is 18.4 Å². The fraction of sp³-hybridized carbons (Fsp3) is 0.500. The zero-order valence-corrected chi connectivity index (χ0v) is 12.8. The Labute approximate surface area is 134 Å². The van der Waals surface area contributed by atoms with Crippen molar-refractivity contribution in [2.24, 2.45) is 0 Å². The monoisotopic (exact) mass is 313 g/mol. The first-order chi connectivity index (χ1) is 11.1. The molecule has 1 saturated carbocycles. The van der Waals surface area contributed by atoms with E-state index in [4.69, 9.17) is 5.26 Å². The van der Waals surface area contributed by atoms with Crippen molar-refractivity contribution in [1.29, 1.82) is 5.26 Å². The maximum Gasteiger partial charge on any atom is 0.325 e. The summed E-state index contributed by atoms with van der Waals surface area (Å²) in [7, 11) is 0. The Hall–Kier alpha value is -2.62. The van der Waals surface area contributed by atoms with Gasteiger partial charge < -0.3 is 10.6 Å². The summed E-state index contributed by atoms with van der Waals surface area (Å²) in [5.74, 6) is 0.602. The SMILES string of the molecule is N#Cc1ccc(NCCCN2C(=O)NC3(CCCC3)C2=O)nc1. The molecule has 2 aliphatic rings. The molecule has 1 spiro atoms. The van der Waals surface area contributed by atoms with Crippen molar-refractivity contribution < 1.29 is 9.59 Å². The van der Waals surface area contributed by atoms with Gasteiger partial charge in [-0.25, -0.2) is 9.78 Å². The van der Waals surface area contributed by atoms with Gasteiger partial charge in [0.1, 0.15) is 17.4 Å². The van der Waals surface area contributed by atoms with Crippen LogP contribution in [0.2, 0.25) is 0 Å². The van der Waals surface area contributed by atoms with Crippen LogP contribution in [0.3, 0.4) is 0 Å². The molecule has 2 N–H and O–H groups in total. The molecule has 0 radical (unpaired) electrons. The van der Waals surface area contributed by atoms with Crippen molar-refractivity contribution >= 4 is 17.8 Å². The molecule has 3 amide bonds. The Morgan fingerprint density at radius 1 is 1.35 bits per heavy atom. The van der Waals surface area contributed by atoms with Crippen LogP contribution in [0.5, 0.6) is 0 Å². The number of carbonyl (C=O) groups excluding carboxylic acids is 2. The molecule has 0 aromatic carbocycles. The van der Waals surface area contributed by atoms with Crippen molar-refractivity contribution in [3.8, 4) is 6.07 Å². The largest absolute Gasteiger partial charge is 0.370 e. The van der Waals surface area contributed by atoms with E-state index in [1.807, 2.05) is 6.07 Å². The number of nitriles is 1. The second-order valence-electron chi connectivity index (χ2n) is 6.00. The molecule has 7 heteroatoms. The van der Waals surface area contributed by atoms with Crippen molar-refractivity contribution in [1.82, 2.24) is 15.2 Å². The molecule has 1 saturated heterocycles. The van der Waals surface area contributed by atoms with Gasteiger partial charge in [0.15, 0.2) is 0 Å². The van der Waals surface area contributed by atoms with E-state index in [1.54, 1.807) is 12.1 Å². The number of pyridine rings is 1. The lowest BCUT2D eigenvalue weighted by molar-refractivity contribution is -0.131. The van der Waals surface area contributed by atoms with Crippen LogP contribution >= 0.6 is 0 Å². The van der Waals surface area contributed by atoms with E-state index in [2.05, 4.69) is 15.6 Å². The van der Waals surface area contributed by atoms with Gasteiger partial charge in [-0.3, -0.25) is 9.69 Å². The molecule has 2 fully saturated rings. The highest BCUT2D eigenvalue weighted by molar-refractivity contribution is 6.07. The van der Waals surface area contributed by atoms with Gasteiger partial charge in [0.25, 0.3) is 5.91 Å². The molecular weight excluding hydrogens is 294 g/mol. The summed E-state index contributed by atoms with van der Waals surface area (Å²) in [6.07, 6.45) is 5.64. The first-order valence-corrected chi connectivity index (χ1v) is 7.89. The number of aromatic nitrogens is 1. The van der Waals surface area contributed by atoms with Gasteiger partial charge in [0.05, 0.1) is 5.56 Å². The summed E-state index contributed by atoms with van der Waals surface area (Å²) in [5.41, 5.74) is -0.115. The Morgan fingerprint density at radius 2 is 2.13 bits per heavy atom. The molecule has 0 atom stereocenters. The van der Waals surface area contributed by atoms with E-state index >= 15 is 0 Å². The summed E-state index contributed by atoms with van der Waals surface area (Å²) in [6, 6.07) is 5.17. The summed E-state index contributed by atoms with van der Waals surface area (Å²) in [4.78, 5) is 29.9. The molecule has 1 aromatic rings. The topological polar surface area (TPSA) is 98.1 Å². The summed E-state index contributed by atoms with van der Waals surface area (Å²) in [6.45, 7) is 0.999. The molecule has 7 nitrogen and oxygen atoms in total. The molecule has 1 aliphatic heterocycles. The standard InChI is InChI=1S/C16H19N5O2/c17-10-12-4-5-13(19-11-12)18-8-3-9-21-14(22)16(20-15(21)23)6-1-2-7-16/h4-5,11H,1-3,6-9H2,(H,18,19)(H,20,23). The highest BCUT2D eigenvalue weighted by Crippen LogP contribution is 2.34. The predicted octanol–water partition coefficient (Wildman–Crippen LogP) is 1.62. The van der Waals surface area contributed by atoms with E-state index in [0.29, 0.717) is 30.9 Å². The molecule has 120 valence electrons. The zero-order chi connectivity index (χ0) is 16.3. The lowest BCUT2D eigenvalue weighted by Crippen LogP contribution is -2.44. The van der Waals surface area contributed by atoms with Crippen LogP contribution < -0.4 is 10.6 Å². The molecule has 23 heavy (non-hydrogen) atoms. The molecular formula is C16H19N5O2. The Bertz CT molecular complexity index is 643. The third-order valence-corrected chi connectivity index (χ3v) is 4.46. The minimum atomic E-state index is -0.626. The number of hydrogen-bond donors (Lipinski definition) is 2. The van der Waals surface area contributed by atoms with Crippen molar-refractivity contribution in [2.45, 2.75) is 37.6 Å².